The highest BCUT2D eigenvalue weighted by Crippen LogP contribution is 2.15. The van der Waals surface area contributed by atoms with Crippen LogP contribution in [-0.4, -0.2) is 36.7 Å². The summed E-state index contributed by atoms with van der Waals surface area (Å²) in [6.07, 6.45) is 0.815. The topological polar surface area (TPSA) is 79.5 Å². The van der Waals surface area contributed by atoms with Crippen molar-refractivity contribution in [2.75, 3.05) is 6.61 Å². The van der Waals surface area contributed by atoms with Gasteiger partial charge in [-0.1, -0.05) is 19.1 Å². The van der Waals surface area contributed by atoms with Crippen molar-refractivity contribution in [3.63, 3.8) is 0 Å². The van der Waals surface area contributed by atoms with Crippen LogP contribution in [0.15, 0.2) is 24.3 Å². The molecule has 3 amide bonds. The number of halogens is 1. The first kappa shape index (κ1) is 19.7. The maximum absolute atomic E-state index is 13.4. The Bertz CT molecular complexity index is 554. The van der Waals surface area contributed by atoms with Crippen molar-refractivity contribution in [3.8, 4) is 5.75 Å². The van der Waals surface area contributed by atoms with Crippen molar-refractivity contribution in [2.24, 2.45) is 0 Å². The minimum Gasteiger partial charge on any atom is -0.488 e. The fraction of sp³-hybridized carbons (Fsp3) is 0.529. The Morgan fingerprint density at radius 1 is 1.08 bits per heavy atom. The third kappa shape index (κ3) is 6.85. The van der Waals surface area contributed by atoms with Gasteiger partial charge in [0.05, 0.1) is 6.04 Å². The van der Waals surface area contributed by atoms with Crippen LogP contribution in [0.1, 0.15) is 34.1 Å². The first-order chi connectivity index (χ1) is 11.3. The van der Waals surface area contributed by atoms with Gasteiger partial charge in [0.15, 0.2) is 11.6 Å². The van der Waals surface area contributed by atoms with Crippen LogP contribution in [0.5, 0.6) is 5.75 Å². The average Bonchev–Trinajstić information content (AvgIpc) is 2.53. The second kappa shape index (κ2) is 9.75. The van der Waals surface area contributed by atoms with E-state index >= 15 is 0 Å². The SMILES string of the molecule is CCC(C)NC(=O)C(C)NC(=O)NC(C)COc1ccccc1F. The van der Waals surface area contributed by atoms with Gasteiger partial charge in [0.1, 0.15) is 12.6 Å². The Morgan fingerprint density at radius 3 is 2.38 bits per heavy atom. The largest absolute Gasteiger partial charge is 0.488 e. The molecule has 0 bridgehead atoms. The number of benzene rings is 1. The van der Waals surface area contributed by atoms with E-state index in [0.29, 0.717) is 0 Å². The summed E-state index contributed by atoms with van der Waals surface area (Å²) in [5.41, 5.74) is 0. The fourth-order valence-corrected chi connectivity index (χ4v) is 1.82. The molecule has 6 nitrogen and oxygen atoms in total. The van der Waals surface area contributed by atoms with Gasteiger partial charge in [0.25, 0.3) is 0 Å². The predicted octanol–water partition coefficient (Wildman–Crippen LogP) is 2.20. The van der Waals surface area contributed by atoms with E-state index in [1.54, 1.807) is 26.0 Å². The number of carbonyl (C=O) groups excluding carboxylic acids is 2. The maximum Gasteiger partial charge on any atom is 0.315 e. The molecule has 24 heavy (non-hydrogen) atoms. The lowest BCUT2D eigenvalue weighted by Crippen LogP contribution is -2.52. The minimum atomic E-state index is -0.654. The summed E-state index contributed by atoms with van der Waals surface area (Å²) in [5, 5.41) is 8.00. The highest BCUT2D eigenvalue weighted by Gasteiger charge is 2.18. The molecule has 0 heterocycles. The molecule has 1 rings (SSSR count). The number of carbonyl (C=O) groups is 2. The van der Waals surface area contributed by atoms with Crippen LogP contribution in [0.3, 0.4) is 0 Å². The zero-order chi connectivity index (χ0) is 18.1. The van der Waals surface area contributed by atoms with E-state index in [0.717, 1.165) is 6.42 Å². The zero-order valence-electron chi connectivity index (χ0n) is 14.6. The number of hydrogen-bond acceptors (Lipinski definition) is 3. The van der Waals surface area contributed by atoms with Gasteiger partial charge in [0, 0.05) is 6.04 Å². The van der Waals surface area contributed by atoms with Crippen molar-refractivity contribution in [1.82, 2.24) is 16.0 Å². The molecule has 0 spiro atoms. The van der Waals surface area contributed by atoms with E-state index in [1.165, 1.54) is 12.1 Å². The second-order valence-corrected chi connectivity index (χ2v) is 5.80. The van der Waals surface area contributed by atoms with Gasteiger partial charge in [-0.25, -0.2) is 9.18 Å². The Kier molecular flexibility index (Phi) is 8.01. The molecule has 0 saturated heterocycles. The Hall–Kier alpha value is -2.31. The zero-order valence-corrected chi connectivity index (χ0v) is 14.6. The molecule has 134 valence electrons. The number of para-hydroxylation sites is 1. The third-order valence-electron chi connectivity index (χ3n) is 3.44. The molecule has 0 aliphatic carbocycles. The lowest BCUT2D eigenvalue weighted by Gasteiger charge is -2.20. The number of ether oxygens (including phenoxy) is 1. The molecule has 7 heteroatoms. The van der Waals surface area contributed by atoms with Gasteiger partial charge in [-0.2, -0.15) is 0 Å². The van der Waals surface area contributed by atoms with Crippen LogP contribution in [0.2, 0.25) is 0 Å². The van der Waals surface area contributed by atoms with Gasteiger partial charge in [0.2, 0.25) is 5.91 Å². The Labute approximate surface area is 142 Å². The third-order valence-corrected chi connectivity index (χ3v) is 3.44. The average molecular weight is 339 g/mol. The molecule has 0 aliphatic heterocycles. The molecule has 0 aromatic heterocycles. The van der Waals surface area contributed by atoms with Crippen molar-refractivity contribution in [2.45, 2.75) is 52.2 Å². The number of urea groups is 1. The smallest absolute Gasteiger partial charge is 0.315 e. The molecule has 1 aromatic rings. The van der Waals surface area contributed by atoms with Crippen molar-refractivity contribution >= 4 is 11.9 Å². The molecule has 3 N–H and O–H groups in total. The molecule has 3 unspecified atom stereocenters. The van der Waals surface area contributed by atoms with Crippen molar-refractivity contribution in [3.05, 3.63) is 30.1 Å². The Morgan fingerprint density at radius 2 is 1.75 bits per heavy atom. The van der Waals surface area contributed by atoms with Crippen molar-refractivity contribution < 1.29 is 18.7 Å². The monoisotopic (exact) mass is 339 g/mol. The lowest BCUT2D eigenvalue weighted by molar-refractivity contribution is -0.123. The van der Waals surface area contributed by atoms with E-state index in [-0.39, 0.29) is 30.3 Å². The van der Waals surface area contributed by atoms with Crippen LogP contribution >= 0.6 is 0 Å². The molecule has 0 saturated carbocycles. The molecule has 0 fully saturated rings. The van der Waals surface area contributed by atoms with E-state index in [4.69, 9.17) is 4.74 Å². The Balaban J connectivity index is 2.36. The number of nitrogens with one attached hydrogen (secondary N) is 3. The first-order valence-electron chi connectivity index (χ1n) is 8.08. The molecule has 0 aliphatic rings. The molecule has 3 atom stereocenters. The highest BCUT2D eigenvalue weighted by atomic mass is 19.1. The summed E-state index contributed by atoms with van der Waals surface area (Å²) in [6, 6.07) is 4.63. The van der Waals surface area contributed by atoms with E-state index in [2.05, 4.69) is 16.0 Å². The quantitative estimate of drug-likeness (QED) is 0.679. The van der Waals surface area contributed by atoms with Gasteiger partial charge >= 0.3 is 6.03 Å². The fourth-order valence-electron chi connectivity index (χ4n) is 1.82. The summed E-state index contributed by atoms with van der Waals surface area (Å²) in [4.78, 5) is 23.7. The summed E-state index contributed by atoms with van der Waals surface area (Å²) < 4.78 is 18.7. The van der Waals surface area contributed by atoms with E-state index in [9.17, 15) is 14.0 Å². The minimum absolute atomic E-state index is 0.0536. The maximum atomic E-state index is 13.4. The molecular weight excluding hydrogens is 313 g/mol. The number of hydrogen-bond donors (Lipinski definition) is 3. The van der Waals surface area contributed by atoms with Crippen LogP contribution in [-0.2, 0) is 4.79 Å². The van der Waals surface area contributed by atoms with Crippen LogP contribution in [0.25, 0.3) is 0 Å². The first-order valence-corrected chi connectivity index (χ1v) is 8.08. The summed E-state index contributed by atoms with van der Waals surface area (Å²) in [5.74, 6) is -0.563. The number of amides is 3. The second-order valence-electron chi connectivity index (χ2n) is 5.80. The number of rotatable bonds is 8. The standard InChI is InChI=1S/C17H26FN3O3/c1-5-11(2)19-16(22)13(4)21-17(23)20-12(3)10-24-15-9-7-6-8-14(15)18/h6-9,11-13H,5,10H2,1-4H3,(H,19,22)(H2,20,21,23). The molecule has 0 radical (unpaired) electrons. The van der Waals surface area contributed by atoms with Crippen LogP contribution in [0.4, 0.5) is 9.18 Å². The van der Waals surface area contributed by atoms with Crippen LogP contribution in [0, 0.1) is 5.82 Å². The van der Waals surface area contributed by atoms with Crippen LogP contribution < -0.4 is 20.7 Å². The predicted molar refractivity (Wildman–Crippen MR) is 90.4 cm³/mol. The van der Waals surface area contributed by atoms with E-state index in [1.807, 2.05) is 13.8 Å². The molecule has 1 aromatic carbocycles. The van der Waals surface area contributed by atoms with Gasteiger partial charge in [-0.05, 0) is 39.3 Å². The van der Waals surface area contributed by atoms with Gasteiger partial charge < -0.3 is 20.7 Å². The summed E-state index contributed by atoms with van der Waals surface area (Å²) >= 11 is 0. The molecular formula is C17H26FN3O3. The summed E-state index contributed by atoms with van der Waals surface area (Å²) in [6.45, 7) is 7.31. The van der Waals surface area contributed by atoms with Gasteiger partial charge in [-0.3, -0.25) is 4.79 Å². The van der Waals surface area contributed by atoms with Crippen molar-refractivity contribution in [1.29, 1.82) is 0 Å². The highest BCUT2D eigenvalue weighted by molar-refractivity contribution is 5.86. The lowest BCUT2D eigenvalue weighted by atomic mass is 10.2. The normalized spacial score (nSPS) is 14.2. The summed E-state index contributed by atoms with van der Waals surface area (Å²) in [7, 11) is 0. The van der Waals surface area contributed by atoms with E-state index < -0.39 is 17.9 Å². The van der Waals surface area contributed by atoms with Gasteiger partial charge in [-0.15, -0.1) is 0 Å².